The number of nitrogens with one attached hydrogen (secondary N) is 1. The van der Waals surface area contributed by atoms with Crippen molar-refractivity contribution in [2.24, 2.45) is 0 Å². The van der Waals surface area contributed by atoms with Gasteiger partial charge in [0, 0.05) is 6.42 Å². The Bertz CT molecular complexity index is 1710. The fraction of sp³-hybridized carbons (Fsp3) is 0.784. The lowest BCUT2D eigenvalue weighted by atomic mass is 9.99. The van der Waals surface area contributed by atoms with Gasteiger partial charge in [0.05, 0.1) is 25.4 Å². The van der Waals surface area contributed by atoms with Crippen molar-refractivity contribution in [1.82, 2.24) is 5.32 Å². The first-order chi connectivity index (χ1) is 41.7. The number of carbonyl (C=O) groups excluding carboxylic acids is 2. The van der Waals surface area contributed by atoms with Crippen molar-refractivity contribution in [2.75, 3.05) is 13.2 Å². The van der Waals surface area contributed by atoms with Crippen LogP contribution in [-0.4, -0.2) is 99.6 Å². The Morgan fingerprint density at radius 1 is 0.459 bits per heavy atom. The highest BCUT2D eigenvalue weighted by molar-refractivity contribution is 5.80. The van der Waals surface area contributed by atoms with Crippen molar-refractivity contribution in [2.45, 2.75) is 359 Å². The molecule has 1 aliphatic heterocycles. The minimum Gasteiger partial charge on any atom is -0.454 e. The van der Waals surface area contributed by atoms with Gasteiger partial charge < -0.3 is 45.1 Å². The van der Waals surface area contributed by atoms with E-state index in [2.05, 4.69) is 99.0 Å². The van der Waals surface area contributed by atoms with Gasteiger partial charge in [-0.2, -0.15) is 0 Å². The minimum atomic E-state index is -1.62. The van der Waals surface area contributed by atoms with Crippen molar-refractivity contribution < 1.29 is 49.3 Å². The molecule has 11 nitrogen and oxygen atoms in total. The molecule has 1 saturated heterocycles. The lowest BCUT2D eigenvalue weighted by Gasteiger charge is -2.41. The first-order valence-electron chi connectivity index (χ1n) is 35.4. The van der Waals surface area contributed by atoms with E-state index in [1.54, 1.807) is 6.08 Å². The zero-order valence-electron chi connectivity index (χ0n) is 54.7. The lowest BCUT2D eigenvalue weighted by molar-refractivity contribution is -0.305. The van der Waals surface area contributed by atoms with Gasteiger partial charge in [-0.15, -0.1) is 0 Å². The highest BCUT2D eigenvalue weighted by atomic mass is 16.7. The molecule has 85 heavy (non-hydrogen) atoms. The standard InChI is InChI=1S/C74H131NO10/c1-4-7-10-13-16-19-22-25-27-29-30-31-32-33-34-35-36-37-38-39-41-44-47-50-53-56-59-62-69(79)85-72-71(81)70(80)68(63-76)84-74(72)83-64-65(66(77)60-57-54-51-48-45-42-24-21-18-15-12-9-6-3)75-73(82)67(78)61-58-55-52-49-46-43-40-28-26-23-20-17-14-11-8-5-2/h16-17,19-20,25-28,30-31,43,46,57,60,65-68,70-72,74,76-78,80-81H,4-15,18,21-24,29,32-42,44-45,47-56,58-59,61-64H2,1-3H3,(H,75,82)/b19-16-,20-17-,27-25-,28-26-,31-30-,46-43-,60-57+. The smallest absolute Gasteiger partial charge is 0.306 e. The highest BCUT2D eigenvalue weighted by Crippen LogP contribution is 2.26. The molecular formula is C74H131NO10. The third-order valence-corrected chi connectivity index (χ3v) is 16.3. The summed E-state index contributed by atoms with van der Waals surface area (Å²) in [6.07, 6.45) is 70.5. The number of amides is 1. The summed E-state index contributed by atoms with van der Waals surface area (Å²) in [7, 11) is 0. The molecule has 1 amide bonds. The fourth-order valence-electron chi connectivity index (χ4n) is 10.7. The van der Waals surface area contributed by atoms with Crippen molar-refractivity contribution in [3.8, 4) is 0 Å². The van der Waals surface area contributed by atoms with Crippen LogP contribution in [0.3, 0.4) is 0 Å². The maximum atomic E-state index is 13.5. The molecule has 1 heterocycles. The number of aliphatic hydroxyl groups is 5. The number of esters is 1. The first kappa shape index (κ1) is 79.9. The quantitative estimate of drug-likeness (QED) is 0.0195. The number of hydrogen-bond acceptors (Lipinski definition) is 10. The van der Waals surface area contributed by atoms with Gasteiger partial charge in [0.25, 0.3) is 0 Å². The van der Waals surface area contributed by atoms with Gasteiger partial charge in [-0.05, 0) is 103 Å². The Morgan fingerprint density at radius 2 is 0.812 bits per heavy atom. The van der Waals surface area contributed by atoms with Gasteiger partial charge in [0.2, 0.25) is 5.91 Å². The monoisotopic (exact) mass is 1190 g/mol. The Morgan fingerprint density at radius 3 is 1.24 bits per heavy atom. The summed E-state index contributed by atoms with van der Waals surface area (Å²) in [4.78, 5) is 26.7. The van der Waals surface area contributed by atoms with E-state index in [1.807, 2.05) is 6.08 Å². The number of allylic oxidation sites excluding steroid dienone is 13. The number of carbonyl (C=O) groups is 2. The summed E-state index contributed by atoms with van der Waals surface area (Å²) in [6.45, 7) is 5.75. The third-order valence-electron chi connectivity index (χ3n) is 16.3. The molecule has 1 rings (SSSR count). The SMILES string of the molecule is CCCCC/C=C\C/C=C\C/C=C\CCCCCCCCCCCCCCCCC(=O)OC1C(OCC(NC(=O)C(O)CCCCC/C=C\C/C=C\C/C=C\CCCCC)C(O)/C=C/CCCCCCCCCCCCC)OC(CO)C(O)C1O. The molecule has 492 valence electrons. The molecule has 1 aliphatic rings. The topological polar surface area (TPSA) is 175 Å². The zero-order valence-corrected chi connectivity index (χ0v) is 54.7. The molecule has 0 aromatic rings. The molecule has 0 aliphatic carbocycles. The molecule has 6 N–H and O–H groups in total. The third kappa shape index (κ3) is 48.4. The van der Waals surface area contributed by atoms with Crippen molar-refractivity contribution in [3.63, 3.8) is 0 Å². The number of hydrogen-bond donors (Lipinski definition) is 6. The Hall–Kier alpha value is -3.16. The second kappa shape index (κ2) is 61.1. The Labute approximate surface area is 521 Å². The van der Waals surface area contributed by atoms with E-state index in [1.165, 1.54) is 173 Å². The van der Waals surface area contributed by atoms with Crippen molar-refractivity contribution >= 4 is 11.9 Å². The van der Waals surface area contributed by atoms with Gasteiger partial charge in [-0.3, -0.25) is 9.59 Å². The first-order valence-corrected chi connectivity index (χ1v) is 35.4. The van der Waals surface area contributed by atoms with Crippen LogP contribution in [0.25, 0.3) is 0 Å². The number of rotatable bonds is 60. The van der Waals surface area contributed by atoms with E-state index in [0.29, 0.717) is 12.8 Å². The van der Waals surface area contributed by atoms with Crippen LogP contribution < -0.4 is 5.32 Å². The summed E-state index contributed by atoms with van der Waals surface area (Å²) in [5, 5.41) is 57.2. The average molecular weight is 1190 g/mol. The van der Waals surface area contributed by atoms with E-state index in [-0.39, 0.29) is 19.4 Å². The maximum Gasteiger partial charge on any atom is 0.306 e. The molecule has 0 aromatic heterocycles. The molecule has 0 saturated carbocycles. The van der Waals surface area contributed by atoms with Crippen molar-refractivity contribution in [1.29, 1.82) is 0 Å². The predicted octanol–water partition coefficient (Wildman–Crippen LogP) is 18.1. The molecule has 0 aromatic carbocycles. The second-order valence-corrected chi connectivity index (χ2v) is 24.3. The summed E-state index contributed by atoms with van der Waals surface area (Å²) in [5.74, 6) is -1.21. The molecule has 0 radical (unpaired) electrons. The van der Waals surface area contributed by atoms with Gasteiger partial charge in [-0.25, -0.2) is 0 Å². The lowest BCUT2D eigenvalue weighted by Crippen LogP contribution is -2.61. The molecule has 11 heteroatoms. The van der Waals surface area contributed by atoms with Crippen LogP contribution in [0.4, 0.5) is 0 Å². The van der Waals surface area contributed by atoms with E-state index in [0.717, 1.165) is 89.9 Å². The number of unbranched alkanes of at least 4 members (excludes halogenated alkanes) is 34. The average Bonchev–Trinajstić information content (AvgIpc) is 2.50. The molecule has 0 bridgehead atoms. The molecule has 0 spiro atoms. The largest absolute Gasteiger partial charge is 0.454 e. The normalized spacial score (nSPS) is 18.9. The van der Waals surface area contributed by atoms with E-state index in [9.17, 15) is 35.1 Å². The summed E-state index contributed by atoms with van der Waals surface area (Å²) in [5.41, 5.74) is 0. The van der Waals surface area contributed by atoms with Crippen LogP contribution in [0, 0.1) is 0 Å². The molecule has 8 unspecified atom stereocenters. The fourth-order valence-corrected chi connectivity index (χ4v) is 10.7. The number of ether oxygens (including phenoxy) is 3. The predicted molar refractivity (Wildman–Crippen MR) is 356 cm³/mol. The molecule has 8 atom stereocenters. The van der Waals surface area contributed by atoms with Gasteiger partial charge in [0.1, 0.15) is 24.4 Å². The van der Waals surface area contributed by atoms with Crippen LogP contribution in [-0.2, 0) is 23.8 Å². The van der Waals surface area contributed by atoms with Gasteiger partial charge in [-0.1, -0.05) is 286 Å². The van der Waals surface area contributed by atoms with Crippen LogP contribution in [0.5, 0.6) is 0 Å². The number of aliphatic hydroxyl groups excluding tert-OH is 5. The van der Waals surface area contributed by atoms with Crippen LogP contribution >= 0.6 is 0 Å². The Kier molecular flexibility index (Phi) is 57.4. The summed E-state index contributed by atoms with van der Waals surface area (Å²) >= 11 is 0. The van der Waals surface area contributed by atoms with Crippen LogP contribution in [0.15, 0.2) is 85.1 Å². The summed E-state index contributed by atoms with van der Waals surface area (Å²) < 4.78 is 17.7. The second-order valence-electron chi connectivity index (χ2n) is 24.3. The zero-order chi connectivity index (χ0) is 61.7. The van der Waals surface area contributed by atoms with Crippen LogP contribution in [0.1, 0.15) is 310 Å². The van der Waals surface area contributed by atoms with Gasteiger partial charge in [0.15, 0.2) is 12.4 Å². The van der Waals surface area contributed by atoms with E-state index >= 15 is 0 Å². The van der Waals surface area contributed by atoms with Gasteiger partial charge >= 0.3 is 5.97 Å². The molecular weight excluding hydrogens is 1060 g/mol. The van der Waals surface area contributed by atoms with Crippen molar-refractivity contribution in [3.05, 3.63) is 85.1 Å². The van der Waals surface area contributed by atoms with Crippen LogP contribution in [0.2, 0.25) is 0 Å². The van der Waals surface area contributed by atoms with E-state index in [4.69, 9.17) is 14.2 Å². The summed E-state index contributed by atoms with van der Waals surface area (Å²) in [6, 6.07) is -1.04. The van der Waals surface area contributed by atoms with E-state index < -0.39 is 67.4 Å². The Balaban J connectivity index is 2.57. The minimum absolute atomic E-state index is 0.117. The maximum absolute atomic E-state index is 13.5. The highest BCUT2D eigenvalue weighted by Gasteiger charge is 2.47. The molecule has 1 fully saturated rings.